The predicted molar refractivity (Wildman–Crippen MR) is 225 cm³/mol. The van der Waals surface area contributed by atoms with Crippen molar-refractivity contribution >= 4 is 68.6 Å². The number of carbonyl (C=O) groups excluding carboxylic acids is 1. The number of aliphatic carboxylic acids is 3. The summed E-state index contributed by atoms with van der Waals surface area (Å²) in [6.07, 6.45) is 2.29. The van der Waals surface area contributed by atoms with Crippen LogP contribution in [0.5, 0.6) is 5.75 Å². The van der Waals surface area contributed by atoms with Crippen molar-refractivity contribution < 1.29 is 48.6 Å². The molecule has 1 aliphatic heterocycles. The van der Waals surface area contributed by atoms with E-state index in [2.05, 4.69) is 17.0 Å². The Morgan fingerprint density at radius 2 is 1.59 bits per heavy atom. The van der Waals surface area contributed by atoms with E-state index in [-0.39, 0.29) is 11.8 Å². The summed E-state index contributed by atoms with van der Waals surface area (Å²) in [6.45, 7) is 5.38. The predicted octanol–water partition coefficient (Wildman–Crippen LogP) is 7.03. The normalized spacial score (nSPS) is 14.3. The molecule has 13 nitrogen and oxygen atoms in total. The fraction of sp³-hybridized carbons (Fsp3) is 0.372. The molecule has 16 heteroatoms. The number of nitrogens with zero attached hydrogens (tertiary/aromatic N) is 3. The van der Waals surface area contributed by atoms with Crippen LogP contribution in [0.25, 0.3) is 10.8 Å². The molecule has 0 bridgehead atoms. The number of carboxylic acids is 3. The van der Waals surface area contributed by atoms with Crippen molar-refractivity contribution in [1.29, 1.82) is 5.26 Å². The summed E-state index contributed by atoms with van der Waals surface area (Å²) in [6, 6.07) is 25.4. The van der Waals surface area contributed by atoms with Gasteiger partial charge in [-0.3, -0.25) is 18.6 Å². The minimum Gasteiger partial charge on any atom is -0.492 e. The Labute approximate surface area is 355 Å². The van der Waals surface area contributed by atoms with Gasteiger partial charge < -0.3 is 35.0 Å². The van der Waals surface area contributed by atoms with Gasteiger partial charge in [-0.15, -0.1) is 0 Å². The van der Waals surface area contributed by atoms with Crippen LogP contribution in [0.3, 0.4) is 0 Å². The average Bonchev–Trinajstić information content (AvgIpc) is 3.19. The van der Waals surface area contributed by atoms with Crippen LogP contribution in [-0.2, 0) is 25.2 Å². The average molecular weight is 869 g/mol. The zero-order valence-electron chi connectivity index (χ0n) is 32.9. The van der Waals surface area contributed by atoms with E-state index < -0.39 is 47.2 Å². The number of hydrogen-bond acceptors (Lipinski definition) is 9. The molecule has 1 saturated heterocycles. The second-order valence-electron chi connectivity index (χ2n) is 14.3. The number of ether oxygens (including phenoxy) is 1. The molecule has 4 aromatic carbocycles. The van der Waals surface area contributed by atoms with Crippen molar-refractivity contribution in [2.75, 3.05) is 46.1 Å². The van der Waals surface area contributed by atoms with E-state index >= 15 is 0 Å². The first-order chi connectivity index (χ1) is 28.0. The summed E-state index contributed by atoms with van der Waals surface area (Å²) in [7, 11) is 0.791. The molecule has 0 aromatic heterocycles. The van der Waals surface area contributed by atoms with Gasteiger partial charge in [0.1, 0.15) is 11.8 Å². The first-order valence-corrected chi connectivity index (χ1v) is 21.1. The highest BCUT2D eigenvalue weighted by molar-refractivity contribution is 7.84. The van der Waals surface area contributed by atoms with Crippen LogP contribution < -0.4 is 4.74 Å². The van der Waals surface area contributed by atoms with E-state index in [4.69, 9.17) is 48.4 Å². The van der Waals surface area contributed by atoms with Crippen LogP contribution in [0.4, 0.5) is 0 Å². The Morgan fingerprint density at radius 3 is 2.17 bits per heavy atom. The van der Waals surface area contributed by atoms with E-state index in [0.29, 0.717) is 46.0 Å². The summed E-state index contributed by atoms with van der Waals surface area (Å²) < 4.78 is 18.3. The van der Waals surface area contributed by atoms with Crippen LogP contribution in [0.15, 0.2) is 77.7 Å². The number of rotatable bonds is 16. The minimum atomic E-state index is -2.74. The van der Waals surface area contributed by atoms with E-state index in [1.165, 1.54) is 5.56 Å². The minimum absolute atomic E-state index is 0.00867. The number of amides is 1. The number of likely N-dealkylation sites (tertiary alicyclic amines) is 1. The van der Waals surface area contributed by atoms with E-state index in [1.807, 2.05) is 67.6 Å². The summed E-state index contributed by atoms with van der Waals surface area (Å²) in [5.74, 6) is -4.51. The Hall–Kier alpha value is -5.04. The highest BCUT2D eigenvalue weighted by Crippen LogP contribution is 2.36. The molecule has 5 rings (SSSR count). The van der Waals surface area contributed by atoms with Gasteiger partial charge in [0, 0.05) is 30.7 Å². The van der Waals surface area contributed by atoms with Crippen molar-refractivity contribution in [3.8, 4) is 11.8 Å². The van der Waals surface area contributed by atoms with Crippen LogP contribution in [0.2, 0.25) is 10.0 Å². The zero-order chi connectivity index (χ0) is 43.4. The highest BCUT2D eigenvalue weighted by Gasteiger charge is 2.41. The van der Waals surface area contributed by atoms with Gasteiger partial charge in [0.15, 0.2) is 5.60 Å². The number of aliphatic hydroxyl groups is 1. The van der Waals surface area contributed by atoms with Crippen LogP contribution >= 0.6 is 23.2 Å². The van der Waals surface area contributed by atoms with Gasteiger partial charge in [0.2, 0.25) is 0 Å². The number of benzene rings is 4. The molecular formula is C43H47Cl2N3O10S. The van der Waals surface area contributed by atoms with Gasteiger partial charge in [-0.05, 0) is 97.9 Å². The summed E-state index contributed by atoms with van der Waals surface area (Å²) in [4.78, 5) is 49.8. The Balaban J connectivity index is 0.000000509. The Bertz CT molecular complexity index is 2220. The number of carbonyl (C=O) groups is 4. The lowest BCUT2D eigenvalue weighted by atomic mass is 9.88. The van der Waals surface area contributed by atoms with Gasteiger partial charge in [0.05, 0.1) is 51.4 Å². The smallest absolute Gasteiger partial charge is 0.336 e. The van der Waals surface area contributed by atoms with E-state index in [9.17, 15) is 28.6 Å². The summed E-state index contributed by atoms with van der Waals surface area (Å²) in [5, 5.41) is 46.3. The van der Waals surface area contributed by atoms with Crippen LogP contribution in [-0.4, -0.2) is 110 Å². The highest BCUT2D eigenvalue weighted by atomic mass is 35.5. The third-order valence-corrected chi connectivity index (χ3v) is 11.9. The molecule has 0 aliphatic carbocycles. The van der Waals surface area contributed by atoms with E-state index in [1.54, 1.807) is 24.3 Å². The van der Waals surface area contributed by atoms with Crippen LogP contribution in [0.1, 0.15) is 77.9 Å². The number of halogens is 2. The van der Waals surface area contributed by atoms with Gasteiger partial charge in [-0.25, -0.2) is 4.79 Å². The monoisotopic (exact) mass is 867 g/mol. The number of piperidine rings is 1. The molecule has 1 fully saturated rings. The molecule has 314 valence electrons. The fourth-order valence-electron chi connectivity index (χ4n) is 7.25. The Kier molecular flexibility index (Phi) is 16.8. The topological polar surface area (TPSA) is 206 Å². The lowest BCUT2D eigenvalue weighted by Gasteiger charge is -2.34. The number of carboxylic acid groups (broad SMARTS) is 3. The SMILES string of the molecule is CCOc1c(C#N)cc2ccccc2c1C(=O)N(C)C[C@@H](CCN1CCC(c2ccccc2[S@](C)=O)CC1)c1ccc(Cl)c(Cl)c1.O=C(O)CC(O)(CC(=O)O)C(=O)O. The van der Waals surface area contributed by atoms with Gasteiger partial charge in [-0.2, -0.15) is 5.26 Å². The summed E-state index contributed by atoms with van der Waals surface area (Å²) >= 11 is 12.8. The van der Waals surface area contributed by atoms with Gasteiger partial charge in [-0.1, -0.05) is 71.7 Å². The molecule has 0 unspecified atom stereocenters. The number of hydrogen-bond donors (Lipinski definition) is 4. The second-order valence-corrected chi connectivity index (χ2v) is 16.5. The third kappa shape index (κ3) is 12.2. The maximum absolute atomic E-state index is 14.2. The van der Waals surface area contributed by atoms with Crippen molar-refractivity contribution in [2.45, 2.75) is 61.4 Å². The molecule has 59 heavy (non-hydrogen) atoms. The molecule has 0 saturated carbocycles. The summed E-state index contributed by atoms with van der Waals surface area (Å²) in [5.41, 5.74) is 0.231. The second kappa shape index (κ2) is 21.3. The largest absolute Gasteiger partial charge is 0.492 e. The number of nitriles is 1. The van der Waals surface area contributed by atoms with Crippen molar-refractivity contribution in [2.24, 2.45) is 0 Å². The van der Waals surface area contributed by atoms with Crippen molar-refractivity contribution in [3.05, 3.63) is 105 Å². The number of fused-ring (bicyclic) bond motifs is 1. The quantitative estimate of drug-likeness (QED) is 0.0896. The molecule has 4 N–H and O–H groups in total. The fourth-order valence-corrected chi connectivity index (χ4v) is 8.40. The Morgan fingerprint density at radius 1 is 0.966 bits per heavy atom. The molecule has 1 heterocycles. The molecule has 0 spiro atoms. The van der Waals surface area contributed by atoms with Crippen LogP contribution in [0, 0.1) is 11.3 Å². The molecule has 0 radical (unpaired) electrons. The maximum Gasteiger partial charge on any atom is 0.336 e. The standard InChI is InChI=1S/C37H39Cl2N3O3S.C6H8O7/c1-4-45-36-29(23-40)21-27-9-5-6-11-31(27)35(36)37(43)41(2)24-28(26-13-14-32(38)33(39)22-26)17-20-42-18-15-25(16-19-42)30-10-7-8-12-34(30)46(3)44;7-3(8)1-6(13,5(11)12)2-4(9)10/h5-14,21-22,25,28H,4,15-20,24H2,1-3H3;13H,1-2H2,(H,7,8)(H,9,10)(H,11,12)/t28-,46+;/m1./s1. The lowest BCUT2D eigenvalue weighted by Crippen LogP contribution is -2.42. The first-order valence-electron chi connectivity index (χ1n) is 18.8. The lowest BCUT2D eigenvalue weighted by molar-refractivity contribution is -0.170. The van der Waals surface area contributed by atoms with Crippen molar-refractivity contribution in [1.82, 2.24) is 9.80 Å². The van der Waals surface area contributed by atoms with Gasteiger partial charge in [0.25, 0.3) is 5.91 Å². The molecule has 4 aromatic rings. The number of likely N-dealkylation sites (N-methyl/N-ethyl adjacent to an activating group) is 1. The zero-order valence-corrected chi connectivity index (χ0v) is 35.2. The molecule has 2 atom stereocenters. The maximum atomic E-state index is 14.2. The van der Waals surface area contributed by atoms with Gasteiger partial charge >= 0.3 is 17.9 Å². The first kappa shape index (κ1) is 46.6. The molecule has 1 amide bonds. The van der Waals surface area contributed by atoms with Crippen molar-refractivity contribution in [3.63, 3.8) is 0 Å². The molecular weight excluding hydrogens is 821 g/mol. The molecule has 1 aliphatic rings. The third-order valence-electron chi connectivity index (χ3n) is 10.2. The van der Waals surface area contributed by atoms with E-state index in [0.717, 1.165) is 60.1 Å².